The molecule has 0 bridgehead atoms. The van der Waals surface area contributed by atoms with E-state index in [2.05, 4.69) is 0 Å². The molecule has 3 heteroatoms. The standard InChI is InChI=1S/C10H16O3/c1-6(2)8-5-7(10(12)13)3-4-9(8)11/h4,6-8,11H,3,5H2,1-2H3,(H,12,13). The lowest BCUT2D eigenvalue weighted by Crippen LogP contribution is -2.25. The molecular weight excluding hydrogens is 168 g/mol. The van der Waals surface area contributed by atoms with Crippen LogP contribution in [0, 0.1) is 17.8 Å². The summed E-state index contributed by atoms with van der Waals surface area (Å²) in [7, 11) is 0. The molecule has 2 N–H and O–H groups in total. The van der Waals surface area contributed by atoms with Crippen LogP contribution in [0.4, 0.5) is 0 Å². The van der Waals surface area contributed by atoms with Crippen molar-refractivity contribution in [1.29, 1.82) is 0 Å². The van der Waals surface area contributed by atoms with Crippen molar-refractivity contribution >= 4 is 5.97 Å². The van der Waals surface area contributed by atoms with Crippen LogP contribution in [-0.4, -0.2) is 16.2 Å². The fourth-order valence-electron chi connectivity index (χ4n) is 1.75. The van der Waals surface area contributed by atoms with Gasteiger partial charge in [0.1, 0.15) is 0 Å². The van der Waals surface area contributed by atoms with E-state index in [0.29, 0.717) is 24.5 Å². The third kappa shape index (κ3) is 2.23. The summed E-state index contributed by atoms with van der Waals surface area (Å²) >= 11 is 0. The molecule has 0 saturated heterocycles. The summed E-state index contributed by atoms with van der Waals surface area (Å²) < 4.78 is 0. The van der Waals surface area contributed by atoms with Crippen LogP contribution >= 0.6 is 0 Å². The Kier molecular flexibility index (Phi) is 2.96. The first-order valence-electron chi connectivity index (χ1n) is 4.64. The van der Waals surface area contributed by atoms with Gasteiger partial charge in [-0.2, -0.15) is 0 Å². The average molecular weight is 184 g/mol. The largest absolute Gasteiger partial charge is 0.512 e. The molecule has 1 aliphatic rings. The van der Waals surface area contributed by atoms with Crippen LogP contribution in [0.1, 0.15) is 26.7 Å². The van der Waals surface area contributed by atoms with Gasteiger partial charge in [-0.05, 0) is 24.8 Å². The van der Waals surface area contributed by atoms with Crippen LogP contribution in [0.3, 0.4) is 0 Å². The summed E-state index contributed by atoms with van der Waals surface area (Å²) in [6.07, 6.45) is 2.67. The summed E-state index contributed by atoms with van der Waals surface area (Å²) in [4.78, 5) is 10.7. The number of aliphatic hydroxyl groups is 1. The molecule has 0 fully saturated rings. The number of aliphatic carboxylic acids is 1. The highest BCUT2D eigenvalue weighted by molar-refractivity contribution is 5.70. The third-order valence-corrected chi connectivity index (χ3v) is 2.68. The van der Waals surface area contributed by atoms with E-state index in [1.165, 1.54) is 0 Å². The second-order valence-corrected chi connectivity index (χ2v) is 3.99. The molecule has 0 aliphatic heterocycles. The molecule has 0 aromatic carbocycles. The van der Waals surface area contributed by atoms with Gasteiger partial charge in [0.25, 0.3) is 0 Å². The van der Waals surface area contributed by atoms with Gasteiger partial charge in [-0.15, -0.1) is 0 Å². The number of allylic oxidation sites excluding steroid dienone is 2. The Morgan fingerprint density at radius 1 is 1.62 bits per heavy atom. The number of hydrogen-bond acceptors (Lipinski definition) is 2. The molecule has 0 aromatic rings. The summed E-state index contributed by atoms with van der Waals surface area (Å²) in [5, 5.41) is 18.3. The van der Waals surface area contributed by atoms with Gasteiger partial charge in [0.05, 0.1) is 11.7 Å². The second kappa shape index (κ2) is 3.81. The Hall–Kier alpha value is -0.990. The molecule has 0 aromatic heterocycles. The maximum absolute atomic E-state index is 10.7. The van der Waals surface area contributed by atoms with E-state index >= 15 is 0 Å². The van der Waals surface area contributed by atoms with Gasteiger partial charge in [-0.1, -0.05) is 13.8 Å². The molecule has 0 heterocycles. The van der Waals surface area contributed by atoms with Gasteiger partial charge in [0.2, 0.25) is 0 Å². The second-order valence-electron chi connectivity index (χ2n) is 3.99. The Morgan fingerprint density at radius 2 is 2.23 bits per heavy atom. The smallest absolute Gasteiger partial charge is 0.306 e. The minimum absolute atomic E-state index is 0.0230. The quantitative estimate of drug-likeness (QED) is 0.691. The summed E-state index contributed by atoms with van der Waals surface area (Å²) in [6, 6.07) is 0. The number of carbonyl (C=O) groups is 1. The highest BCUT2D eigenvalue weighted by Gasteiger charge is 2.30. The van der Waals surface area contributed by atoms with Gasteiger partial charge in [-0.3, -0.25) is 4.79 Å². The van der Waals surface area contributed by atoms with Crippen molar-refractivity contribution in [3.8, 4) is 0 Å². The van der Waals surface area contributed by atoms with Gasteiger partial charge in [0, 0.05) is 5.92 Å². The van der Waals surface area contributed by atoms with E-state index in [4.69, 9.17) is 5.11 Å². The Labute approximate surface area is 78.1 Å². The van der Waals surface area contributed by atoms with E-state index in [1.807, 2.05) is 13.8 Å². The molecular formula is C10H16O3. The number of carboxylic acid groups (broad SMARTS) is 1. The van der Waals surface area contributed by atoms with Gasteiger partial charge in [0.15, 0.2) is 0 Å². The molecule has 0 saturated carbocycles. The van der Waals surface area contributed by atoms with Gasteiger partial charge in [-0.25, -0.2) is 0 Å². The molecule has 0 amide bonds. The Morgan fingerprint density at radius 3 is 2.69 bits per heavy atom. The first-order chi connectivity index (χ1) is 6.02. The lowest BCUT2D eigenvalue weighted by Gasteiger charge is -2.27. The fourth-order valence-corrected chi connectivity index (χ4v) is 1.75. The summed E-state index contributed by atoms with van der Waals surface area (Å²) in [5.41, 5.74) is 0. The van der Waals surface area contributed by atoms with E-state index in [-0.39, 0.29) is 11.8 Å². The molecule has 0 spiro atoms. The molecule has 3 nitrogen and oxygen atoms in total. The van der Waals surface area contributed by atoms with Crippen LogP contribution in [0.5, 0.6) is 0 Å². The van der Waals surface area contributed by atoms with E-state index in [1.54, 1.807) is 6.08 Å². The molecule has 13 heavy (non-hydrogen) atoms. The normalized spacial score (nSPS) is 28.7. The molecule has 1 rings (SSSR count). The predicted molar refractivity (Wildman–Crippen MR) is 49.4 cm³/mol. The van der Waals surface area contributed by atoms with Gasteiger partial charge >= 0.3 is 5.97 Å². The monoisotopic (exact) mass is 184 g/mol. The third-order valence-electron chi connectivity index (χ3n) is 2.68. The maximum Gasteiger partial charge on any atom is 0.306 e. The lowest BCUT2D eigenvalue weighted by atomic mass is 9.79. The highest BCUT2D eigenvalue weighted by atomic mass is 16.4. The molecule has 0 radical (unpaired) electrons. The molecule has 2 atom stereocenters. The maximum atomic E-state index is 10.7. The van der Waals surface area contributed by atoms with Crippen LogP contribution in [0.25, 0.3) is 0 Å². The molecule has 74 valence electrons. The van der Waals surface area contributed by atoms with Crippen molar-refractivity contribution in [2.24, 2.45) is 17.8 Å². The van der Waals surface area contributed by atoms with Crippen LogP contribution in [0.15, 0.2) is 11.8 Å². The fraction of sp³-hybridized carbons (Fsp3) is 0.700. The van der Waals surface area contributed by atoms with Crippen molar-refractivity contribution in [3.05, 3.63) is 11.8 Å². The van der Waals surface area contributed by atoms with Crippen molar-refractivity contribution < 1.29 is 15.0 Å². The number of hydrogen-bond donors (Lipinski definition) is 2. The zero-order valence-corrected chi connectivity index (χ0v) is 8.03. The molecule has 2 unspecified atom stereocenters. The van der Waals surface area contributed by atoms with Crippen LogP contribution in [0.2, 0.25) is 0 Å². The zero-order chi connectivity index (χ0) is 10.0. The topological polar surface area (TPSA) is 57.5 Å². The zero-order valence-electron chi connectivity index (χ0n) is 8.03. The van der Waals surface area contributed by atoms with Crippen molar-refractivity contribution in [2.45, 2.75) is 26.7 Å². The lowest BCUT2D eigenvalue weighted by molar-refractivity contribution is -0.142. The average Bonchev–Trinajstić information content (AvgIpc) is 2.04. The van der Waals surface area contributed by atoms with Gasteiger partial charge < -0.3 is 10.2 Å². The summed E-state index contributed by atoms with van der Waals surface area (Å²) in [6.45, 7) is 4.00. The SMILES string of the molecule is CC(C)C1CC(C(=O)O)CC=C1O. The number of carboxylic acids is 1. The predicted octanol–water partition coefficient (Wildman–Crippen LogP) is 2.20. The van der Waals surface area contributed by atoms with E-state index < -0.39 is 5.97 Å². The minimum Gasteiger partial charge on any atom is -0.512 e. The summed E-state index contributed by atoms with van der Waals surface area (Å²) in [5.74, 6) is -0.376. The molecule has 1 aliphatic carbocycles. The minimum atomic E-state index is -0.755. The Balaban J connectivity index is 2.71. The first kappa shape index (κ1) is 10.1. The Bertz CT molecular complexity index is 230. The van der Waals surface area contributed by atoms with Crippen LogP contribution < -0.4 is 0 Å². The van der Waals surface area contributed by atoms with Crippen molar-refractivity contribution in [2.75, 3.05) is 0 Å². The van der Waals surface area contributed by atoms with Crippen LogP contribution in [-0.2, 0) is 4.79 Å². The number of aliphatic hydroxyl groups excluding tert-OH is 1. The highest BCUT2D eigenvalue weighted by Crippen LogP contribution is 2.32. The van der Waals surface area contributed by atoms with Crippen molar-refractivity contribution in [1.82, 2.24) is 0 Å². The van der Waals surface area contributed by atoms with E-state index in [0.717, 1.165) is 0 Å². The number of rotatable bonds is 2. The van der Waals surface area contributed by atoms with Crippen molar-refractivity contribution in [3.63, 3.8) is 0 Å². The van der Waals surface area contributed by atoms with E-state index in [9.17, 15) is 9.90 Å². The first-order valence-corrected chi connectivity index (χ1v) is 4.64.